The summed E-state index contributed by atoms with van der Waals surface area (Å²) in [6.45, 7) is 3.98. The number of hydrogen-bond donors (Lipinski definition) is 2. The summed E-state index contributed by atoms with van der Waals surface area (Å²) in [5.74, 6) is -0.372. The molecule has 0 bridgehead atoms. The molecule has 2 aromatic carbocycles. The number of halogens is 1. The lowest BCUT2D eigenvalue weighted by molar-refractivity contribution is -0.121. The molecule has 2 N–H and O–H groups in total. The van der Waals surface area contributed by atoms with E-state index >= 15 is 0 Å². The van der Waals surface area contributed by atoms with Gasteiger partial charge >= 0.3 is 0 Å². The van der Waals surface area contributed by atoms with E-state index in [9.17, 15) is 18.0 Å². The molecule has 0 aromatic heterocycles. The number of carbonyl (C=O) groups is 2. The maximum Gasteiger partial charge on any atom is 0.246 e. The van der Waals surface area contributed by atoms with Gasteiger partial charge in [0.05, 0.1) is 6.61 Å². The second-order valence-electron chi connectivity index (χ2n) is 7.45. The molecule has 0 aliphatic carbocycles. The highest BCUT2D eigenvalue weighted by molar-refractivity contribution is 7.89. The van der Waals surface area contributed by atoms with Gasteiger partial charge in [0.2, 0.25) is 21.8 Å². The van der Waals surface area contributed by atoms with E-state index in [1.165, 1.54) is 17.3 Å². The van der Waals surface area contributed by atoms with Crippen molar-refractivity contribution < 1.29 is 22.7 Å². The average Bonchev–Trinajstić information content (AvgIpc) is 2.76. The third kappa shape index (κ3) is 5.79. The van der Waals surface area contributed by atoms with Crippen LogP contribution in [0.5, 0.6) is 5.75 Å². The highest BCUT2D eigenvalue weighted by Crippen LogP contribution is 2.32. The van der Waals surface area contributed by atoms with Gasteiger partial charge in [-0.3, -0.25) is 9.59 Å². The van der Waals surface area contributed by atoms with Gasteiger partial charge in [-0.2, -0.15) is 4.31 Å². The number of anilines is 2. The fourth-order valence-electron chi connectivity index (χ4n) is 3.54. The van der Waals surface area contributed by atoms with Crippen LogP contribution in [0.4, 0.5) is 11.4 Å². The van der Waals surface area contributed by atoms with Crippen molar-refractivity contribution in [1.29, 1.82) is 0 Å². The van der Waals surface area contributed by atoms with Crippen LogP contribution in [0, 0.1) is 5.92 Å². The van der Waals surface area contributed by atoms with Crippen LogP contribution in [0.25, 0.3) is 0 Å². The predicted octanol–water partition coefficient (Wildman–Crippen LogP) is 3.74. The largest absolute Gasteiger partial charge is 0.492 e. The van der Waals surface area contributed by atoms with Crippen molar-refractivity contribution in [2.45, 2.75) is 31.6 Å². The first-order chi connectivity index (χ1) is 15.2. The van der Waals surface area contributed by atoms with E-state index in [2.05, 4.69) is 10.6 Å². The van der Waals surface area contributed by atoms with E-state index in [1.54, 1.807) is 43.3 Å². The molecule has 1 aliphatic heterocycles. The number of rotatable bonds is 7. The SMILES string of the molecule is CCOc1ccc(Cl)cc1S(=O)(=O)N1CCC(C(=O)Nc2ccc(NC(C)=O)cc2)CC1. The molecule has 0 unspecified atom stereocenters. The Balaban J connectivity index is 1.62. The average molecular weight is 480 g/mol. The Morgan fingerprint density at radius 2 is 1.66 bits per heavy atom. The number of nitrogens with zero attached hydrogens (tertiary/aromatic N) is 1. The number of nitrogens with one attached hydrogen (secondary N) is 2. The quantitative estimate of drug-likeness (QED) is 0.629. The highest BCUT2D eigenvalue weighted by Gasteiger charge is 2.34. The first kappa shape index (κ1) is 24.0. The molecular weight excluding hydrogens is 454 g/mol. The third-order valence-electron chi connectivity index (χ3n) is 5.12. The number of sulfonamides is 1. The molecule has 2 aromatic rings. The molecular formula is C22H26ClN3O5S. The van der Waals surface area contributed by atoms with Crippen molar-refractivity contribution in [3.63, 3.8) is 0 Å². The van der Waals surface area contributed by atoms with Crippen LogP contribution in [0.15, 0.2) is 47.4 Å². The van der Waals surface area contributed by atoms with Crippen LogP contribution in [-0.2, 0) is 19.6 Å². The van der Waals surface area contributed by atoms with Gasteiger partial charge in [-0.25, -0.2) is 8.42 Å². The molecule has 0 saturated carbocycles. The Labute approximate surface area is 192 Å². The fourth-order valence-corrected chi connectivity index (χ4v) is 5.40. The van der Waals surface area contributed by atoms with Gasteiger partial charge in [-0.05, 0) is 62.2 Å². The van der Waals surface area contributed by atoms with Crippen molar-refractivity contribution in [3.8, 4) is 5.75 Å². The number of hydrogen-bond acceptors (Lipinski definition) is 5. The van der Waals surface area contributed by atoms with E-state index in [4.69, 9.17) is 16.3 Å². The molecule has 0 spiro atoms. The zero-order valence-corrected chi connectivity index (χ0v) is 19.5. The topological polar surface area (TPSA) is 105 Å². The fraction of sp³-hybridized carbons (Fsp3) is 0.364. The van der Waals surface area contributed by atoms with Crippen LogP contribution in [0.1, 0.15) is 26.7 Å². The van der Waals surface area contributed by atoms with Crippen molar-refractivity contribution in [1.82, 2.24) is 4.31 Å². The molecule has 32 heavy (non-hydrogen) atoms. The van der Waals surface area contributed by atoms with Gasteiger partial charge in [-0.15, -0.1) is 0 Å². The van der Waals surface area contributed by atoms with E-state index in [1.807, 2.05) is 0 Å². The third-order valence-corrected chi connectivity index (χ3v) is 7.28. The molecule has 8 nitrogen and oxygen atoms in total. The van der Waals surface area contributed by atoms with Crippen LogP contribution in [-0.4, -0.2) is 44.2 Å². The van der Waals surface area contributed by atoms with E-state index in [0.29, 0.717) is 35.8 Å². The van der Waals surface area contributed by atoms with Crippen LogP contribution >= 0.6 is 11.6 Å². The van der Waals surface area contributed by atoms with E-state index in [0.717, 1.165) is 0 Å². The lowest BCUT2D eigenvalue weighted by Gasteiger charge is -2.31. The Bertz CT molecular complexity index is 1080. The molecule has 3 rings (SSSR count). The molecule has 2 amide bonds. The maximum absolute atomic E-state index is 13.2. The molecule has 0 atom stereocenters. The van der Waals surface area contributed by atoms with Gasteiger partial charge < -0.3 is 15.4 Å². The minimum absolute atomic E-state index is 0.0361. The smallest absolute Gasteiger partial charge is 0.246 e. The molecule has 1 saturated heterocycles. The molecule has 0 radical (unpaired) electrons. The van der Waals surface area contributed by atoms with Gasteiger partial charge in [0, 0.05) is 42.3 Å². The van der Waals surface area contributed by atoms with Gasteiger partial charge in [0.25, 0.3) is 0 Å². The van der Waals surface area contributed by atoms with Crippen LogP contribution < -0.4 is 15.4 Å². The summed E-state index contributed by atoms with van der Waals surface area (Å²) >= 11 is 6.03. The second-order valence-corrected chi connectivity index (χ2v) is 9.79. The molecule has 10 heteroatoms. The van der Waals surface area contributed by atoms with Crippen molar-refractivity contribution in [2.24, 2.45) is 5.92 Å². The number of piperidine rings is 1. The normalized spacial score (nSPS) is 15.2. The lowest BCUT2D eigenvalue weighted by atomic mass is 9.97. The maximum atomic E-state index is 13.2. The van der Waals surface area contributed by atoms with Crippen molar-refractivity contribution >= 4 is 44.8 Å². The van der Waals surface area contributed by atoms with Crippen molar-refractivity contribution in [2.75, 3.05) is 30.3 Å². The van der Waals surface area contributed by atoms with Gasteiger partial charge in [0.1, 0.15) is 10.6 Å². The summed E-state index contributed by atoms with van der Waals surface area (Å²) in [6.07, 6.45) is 0.805. The number of carbonyl (C=O) groups excluding carboxylic acids is 2. The summed E-state index contributed by atoms with van der Waals surface area (Å²) in [5, 5.41) is 5.83. The monoisotopic (exact) mass is 479 g/mol. The second kappa shape index (κ2) is 10.3. The molecule has 1 heterocycles. The summed E-state index contributed by atoms with van der Waals surface area (Å²) < 4.78 is 33.2. The first-order valence-electron chi connectivity index (χ1n) is 10.3. The number of ether oxygens (including phenoxy) is 1. The molecule has 1 aliphatic rings. The van der Waals surface area contributed by atoms with Gasteiger partial charge in [-0.1, -0.05) is 11.6 Å². The van der Waals surface area contributed by atoms with Crippen LogP contribution in [0.3, 0.4) is 0 Å². The minimum Gasteiger partial charge on any atom is -0.492 e. The van der Waals surface area contributed by atoms with Gasteiger partial charge in [0.15, 0.2) is 0 Å². The zero-order chi connectivity index (χ0) is 23.3. The summed E-state index contributed by atoms with van der Waals surface area (Å²) in [6, 6.07) is 11.3. The lowest BCUT2D eigenvalue weighted by Crippen LogP contribution is -2.41. The Morgan fingerprint density at radius 1 is 1.06 bits per heavy atom. The van der Waals surface area contributed by atoms with Crippen molar-refractivity contribution in [3.05, 3.63) is 47.5 Å². The van der Waals surface area contributed by atoms with Crippen LogP contribution in [0.2, 0.25) is 5.02 Å². The summed E-state index contributed by atoms with van der Waals surface area (Å²) in [5.41, 5.74) is 1.25. The number of amides is 2. The minimum atomic E-state index is -3.80. The Morgan fingerprint density at radius 3 is 2.22 bits per heavy atom. The Kier molecular flexibility index (Phi) is 7.76. The number of benzene rings is 2. The Hall–Kier alpha value is -2.62. The first-order valence-corrected chi connectivity index (χ1v) is 12.1. The summed E-state index contributed by atoms with van der Waals surface area (Å²) in [7, 11) is -3.80. The predicted molar refractivity (Wildman–Crippen MR) is 123 cm³/mol. The zero-order valence-electron chi connectivity index (χ0n) is 17.9. The highest BCUT2D eigenvalue weighted by atomic mass is 35.5. The standard InChI is InChI=1S/C22H26ClN3O5S/c1-3-31-20-9-4-17(23)14-21(20)32(29,30)26-12-10-16(11-13-26)22(28)25-19-7-5-18(6-8-19)24-15(2)27/h4-9,14,16H,3,10-13H2,1-2H3,(H,24,27)(H,25,28). The van der Waals surface area contributed by atoms with E-state index in [-0.39, 0.29) is 41.5 Å². The summed E-state index contributed by atoms with van der Waals surface area (Å²) in [4.78, 5) is 23.8. The molecule has 172 valence electrons. The molecule has 1 fully saturated rings. The van der Waals surface area contributed by atoms with E-state index < -0.39 is 10.0 Å².